The Morgan fingerprint density at radius 1 is 1.35 bits per heavy atom. The lowest BCUT2D eigenvalue weighted by atomic mass is 10.0. The predicted molar refractivity (Wildman–Crippen MR) is 79.8 cm³/mol. The summed E-state index contributed by atoms with van der Waals surface area (Å²) in [5.74, 6) is -0.176. The lowest BCUT2D eigenvalue weighted by molar-refractivity contribution is -0.124. The summed E-state index contributed by atoms with van der Waals surface area (Å²) in [5, 5.41) is 2.90. The molecule has 0 radical (unpaired) electrons. The summed E-state index contributed by atoms with van der Waals surface area (Å²) in [5.41, 5.74) is 6.58. The molecule has 1 aromatic rings. The minimum Gasteiger partial charge on any atom is -0.356 e. The third-order valence-electron chi connectivity index (χ3n) is 3.35. The fourth-order valence-corrected chi connectivity index (χ4v) is 2.07. The van der Waals surface area contributed by atoms with Crippen LogP contribution in [-0.4, -0.2) is 18.5 Å². The Hall–Kier alpha value is -1.42. The van der Waals surface area contributed by atoms with Crippen LogP contribution in [0.2, 0.25) is 0 Å². The standard InChI is InChI=1S/C16H25FN2O/c1-12(5-3-6-13(2)18)16(20)19-10-9-14-7-4-8-15(17)11-14/h4,7-8,11-13H,3,5-6,9-10,18H2,1-2H3,(H,19,20). The minimum atomic E-state index is -0.238. The molecule has 0 aliphatic carbocycles. The van der Waals surface area contributed by atoms with E-state index in [1.807, 2.05) is 19.9 Å². The normalized spacial score (nSPS) is 13.8. The lowest BCUT2D eigenvalue weighted by Gasteiger charge is -2.13. The van der Waals surface area contributed by atoms with Crippen LogP contribution in [-0.2, 0) is 11.2 Å². The van der Waals surface area contributed by atoms with E-state index in [1.165, 1.54) is 12.1 Å². The lowest BCUT2D eigenvalue weighted by Crippen LogP contribution is -2.31. The Balaban J connectivity index is 2.22. The first kappa shape index (κ1) is 16.6. The van der Waals surface area contributed by atoms with Crippen molar-refractivity contribution < 1.29 is 9.18 Å². The summed E-state index contributed by atoms with van der Waals surface area (Å²) < 4.78 is 13.0. The van der Waals surface area contributed by atoms with Gasteiger partial charge in [0, 0.05) is 18.5 Å². The highest BCUT2D eigenvalue weighted by Gasteiger charge is 2.12. The molecule has 0 saturated heterocycles. The Morgan fingerprint density at radius 2 is 2.10 bits per heavy atom. The Labute approximate surface area is 120 Å². The topological polar surface area (TPSA) is 55.1 Å². The van der Waals surface area contributed by atoms with Gasteiger partial charge in [0.1, 0.15) is 5.82 Å². The molecule has 3 nitrogen and oxygen atoms in total. The number of carbonyl (C=O) groups is 1. The van der Waals surface area contributed by atoms with Crippen molar-refractivity contribution in [2.24, 2.45) is 11.7 Å². The van der Waals surface area contributed by atoms with E-state index in [9.17, 15) is 9.18 Å². The predicted octanol–water partition coefficient (Wildman–Crippen LogP) is 2.64. The average Bonchev–Trinajstić information content (AvgIpc) is 2.38. The quantitative estimate of drug-likeness (QED) is 0.769. The van der Waals surface area contributed by atoms with Crippen molar-refractivity contribution in [1.29, 1.82) is 0 Å². The molecule has 0 aliphatic rings. The molecule has 0 heterocycles. The molecule has 2 atom stereocenters. The van der Waals surface area contributed by atoms with E-state index in [0.717, 1.165) is 24.8 Å². The molecule has 0 aromatic heterocycles. The average molecular weight is 280 g/mol. The van der Waals surface area contributed by atoms with E-state index in [0.29, 0.717) is 13.0 Å². The molecular formula is C16H25FN2O. The first-order valence-electron chi connectivity index (χ1n) is 7.26. The zero-order valence-corrected chi connectivity index (χ0v) is 12.4. The largest absolute Gasteiger partial charge is 0.356 e. The van der Waals surface area contributed by atoms with Gasteiger partial charge in [-0.25, -0.2) is 4.39 Å². The number of nitrogens with two attached hydrogens (primary N) is 1. The SMILES string of the molecule is CC(N)CCCC(C)C(=O)NCCc1cccc(F)c1. The number of rotatable bonds is 8. The maximum absolute atomic E-state index is 13.0. The van der Waals surface area contributed by atoms with Crippen LogP contribution in [0.5, 0.6) is 0 Å². The van der Waals surface area contributed by atoms with Crippen LogP contribution >= 0.6 is 0 Å². The molecule has 0 bridgehead atoms. The number of halogens is 1. The van der Waals surface area contributed by atoms with Crippen LogP contribution in [0.25, 0.3) is 0 Å². The molecule has 4 heteroatoms. The third kappa shape index (κ3) is 6.66. The third-order valence-corrected chi connectivity index (χ3v) is 3.35. The molecule has 20 heavy (non-hydrogen) atoms. The van der Waals surface area contributed by atoms with Gasteiger partial charge in [-0.2, -0.15) is 0 Å². The Bertz CT molecular complexity index is 421. The van der Waals surface area contributed by atoms with E-state index in [4.69, 9.17) is 5.73 Å². The van der Waals surface area contributed by atoms with Gasteiger partial charge >= 0.3 is 0 Å². The van der Waals surface area contributed by atoms with Crippen LogP contribution in [0.4, 0.5) is 4.39 Å². The molecule has 0 spiro atoms. The maximum Gasteiger partial charge on any atom is 0.222 e. The van der Waals surface area contributed by atoms with Crippen LogP contribution in [0.3, 0.4) is 0 Å². The second-order valence-corrected chi connectivity index (χ2v) is 5.48. The summed E-state index contributed by atoms with van der Waals surface area (Å²) in [7, 11) is 0. The Morgan fingerprint density at radius 3 is 2.75 bits per heavy atom. The summed E-state index contributed by atoms with van der Waals surface area (Å²) in [6.07, 6.45) is 3.42. The molecule has 1 rings (SSSR count). The summed E-state index contributed by atoms with van der Waals surface area (Å²) in [6, 6.07) is 6.66. The molecule has 1 amide bonds. The van der Waals surface area contributed by atoms with Gasteiger partial charge in [-0.1, -0.05) is 25.5 Å². The highest BCUT2D eigenvalue weighted by atomic mass is 19.1. The van der Waals surface area contributed by atoms with Crippen molar-refractivity contribution in [3.8, 4) is 0 Å². The second kappa shape index (κ2) is 8.69. The van der Waals surface area contributed by atoms with Crippen LogP contribution < -0.4 is 11.1 Å². The number of amides is 1. The maximum atomic E-state index is 13.0. The summed E-state index contributed by atoms with van der Waals surface area (Å²) >= 11 is 0. The highest BCUT2D eigenvalue weighted by Crippen LogP contribution is 2.09. The summed E-state index contributed by atoms with van der Waals surface area (Å²) in [6.45, 7) is 4.45. The van der Waals surface area contributed by atoms with Gasteiger partial charge in [-0.05, 0) is 43.9 Å². The number of nitrogens with one attached hydrogen (secondary N) is 1. The van der Waals surface area contributed by atoms with Gasteiger partial charge in [0.05, 0.1) is 0 Å². The Kier molecular flexibility index (Phi) is 7.23. The molecule has 0 fully saturated rings. The first-order chi connectivity index (χ1) is 9.49. The van der Waals surface area contributed by atoms with Crippen molar-refractivity contribution in [2.45, 2.75) is 45.6 Å². The van der Waals surface area contributed by atoms with Crippen LogP contribution in [0.1, 0.15) is 38.7 Å². The fourth-order valence-electron chi connectivity index (χ4n) is 2.07. The molecule has 3 N–H and O–H groups in total. The van der Waals surface area contributed by atoms with E-state index < -0.39 is 0 Å². The van der Waals surface area contributed by atoms with E-state index >= 15 is 0 Å². The molecule has 112 valence electrons. The van der Waals surface area contributed by atoms with E-state index in [2.05, 4.69) is 5.32 Å². The summed E-state index contributed by atoms with van der Waals surface area (Å²) in [4.78, 5) is 11.9. The van der Waals surface area contributed by atoms with E-state index in [-0.39, 0.29) is 23.7 Å². The molecule has 2 unspecified atom stereocenters. The van der Waals surface area contributed by atoms with Crippen molar-refractivity contribution in [1.82, 2.24) is 5.32 Å². The number of hydrogen-bond acceptors (Lipinski definition) is 2. The zero-order valence-electron chi connectivity index (χ0n) is 12.4. The van der Waals surface area contributed by atoms with Gasteiger partial charge in [-0.15, -0.1) is 0 Å². The second-order valence-electron chi connectivity index (χ2n) is 5.48. The molecule has 0 saturated carbocycles. The van der Waals surface area contributed by atoms with Gasteiger partial charge < -0.3 is 11.1 Å². The van der Waals surface area contributed by atoms with Gasteiger partial charge in [0.15, 0.2) is 0 Å². The van der Waals surface area contributed by atoms with Crippen molar-refractivity contribution in [2.75, 3.05) is 6.54 Å². The van der Waals surface area contributed by atoms with Gasteiger partial charge in [0.25, 0.3) is 0 Å². The van der Waals surface area contributed by atoms with Crippen molar-refractivity contribution >= 4 is 5.91 Å². The minimum absolute atomic E-state index is 0.00117. The van der Waals surface area contributed by atoms with Gasteiger partial charge in [0.2, 0.25) is 5.91 Å². The molecule has 0 aliphatic heterocycles. The first-order valence-corrected chi connectivity index (χ1v) is 7.26. The smallest absolute Gasteiger partial charge is 0.222 e. The van der Waals surface area contributed by atoms with Gasteiger partial charge in [-0.3, -0.25) is 4.79 Å². The van der Waals surface area contributed by atoms with Crippen LogP contribution in [0.15, 0.2) is 24.3 Å². The van der Waals surface area contributed by atoms with Crippen LogP contribution in [0, 0.1) is 11.7 Å². The number of benzene rings is 1. The monoisotopic (exact) mass is 280 g/mol. The number of carbonyl (C=O) groups excluding carboxylic acids is 1. The van der Waals surface area contributed by atoms with Crippen molar-refractivity contribution in [3.63, 3.8) is 0 Å². The number of hydrogen-bond donors (Lipinski definition) is 2. The highest BCUT2D eigenvalue weighted by molar-refractivity contribution is 5.78. The fraction of sp³-hybridized carbons (Fsp3) is 0.562. The van der Waals surface area contributed by atoms with E-state index in [1.54, 1.807) is 6.07 Å². The zero-order chi connectivity index (χ0) is 15.0. The van der Waals surface area contributed by atoms with Crippen molar-refractivity contribution in [3.05, 3.63) is 35.6 Å². The molecular weight excluding hydrogens is 255 g/mol. The molecule has 1 aromatic carbocycles.